The number of carbonyl (C=O) groups excluding carboxylic acids is 6. The maximum absolute atomic E-state index is 13.1. The molecule has 0 heterocycles. The first kappa shape index (κ1) is 35.1. The van der Waals surface area contributed by atoms with E-state index in [4.69, 9.17) is 15.2 Å². The number of hydrogen-bond donors (Lipinski definition) is 4. The molecule has 0 radical (unpaired) electrons. The molecule has 0 fully saturated rings. The second kappa shape index (κ2) is 17.1. The van der Waals surface area contributed by atoms with Gasteiger partial charge in [0.1, 0.15) is 11.5 Å². The largest absolute Gasteiger partial charge is 0.504 e. The number of ether oxygens (including phenoxy) is 2. The third-order valence-corrected chi connectivity index (χ3v) is 6.30. The molecule has 0 aliphatic rings. The zero-order valence-corrected chi connectivity index (χ0v) is 25.0. The van der Waals surface area contributed by atoms with Crippen molar-refractivity contribution in [2.45, 2.75) is 39.2 Å². The number of phenolic OH excluding ortho intramolecular Hbond substituents is 1. The highest BCUT2D eigenvalue weighted by Gasteiger charge is 2.31. The Kier molecular flexibility index (Phi) is 13.7. The van der Waals surface area contributed by atoms with Crippen LogP contribution in [0, 0.1) is 5.92 Å². The summed E-state index contributed by atoms with van der Waals surface area (Å²) in [6.45, 7) is 3.14. The van der Waals surface area contributed by atoms with Crippen LogP contribution in [0.1, 0.15) is 44.2 Å². The fourth-order valence-corrected chi connectivity index (χ4v) is 4.08. The molecule has 44 heavy (non-hydrogen) atoms. The highest BCUT2D eigenvalue weighted by Crippen LogP contribution is 2.30. The minimum Gasteiger partial charge on any atom is -0.504 e. The second-order valence-corrected chi connectivity index (χ2v) is 9.76. The minimum absolute atomic E-state index is 0.0466. The Morgan fingerprint density at radius 3 is 2.18 bits per heavy atom. The fourth-order valence-electron chi connectivity index (χ4n) is 4.08. The normalized spacial score (nSPS) is 12.4. The number of hydrogen-bond acceptors (Lipinski definition) is 10. The molecule has 2 rings (SSSR count). The predicted octanol–water partition coefficient (Wildman–Crippen LogP) is 2.62. The lowest BCUT2D eigenvalue weighted by Crippen LogP contribution is -2.44. The van der Waals surface area contributed by atoms with Crippen molar-refractivity contribution in [3.05, 3.63) is 59.7 Å². The van der Waals surface area contributed by atoms with E-state index in [2.05, 4.69) is 10.6 Å². The average molecular weight is 608 g/mol. The molecule has 12 nitrogen and oxygen atoms in total. The summed E-state index contributed by atoms with van der Waals surface area (Å²) < 4.78 is 10.4. The molecular formula is C32H37N3O9. The summed E-state index contributed by atoms with van der Waals surface area (Å²) >= 11 is 0. The van der Waals surface area contributed by atoms with Crippen molar-refractivity contribution in [1.82, 2.24) is 5.32 Å². The maximum Gasteiger partial charge on any atom is 0.241 e. The smallest absolute Gasteiger partial charge is 0.241 e. The molecule has 0 aliphatic heterocycles. The Hall–Kier alpha value is -5.10. The zero-order chi connectivity index (χ0) is 32.8. The average Bonchev–Trinajstić information content (AvgIpc) is 2.98. The number of nitrogens with two attached hydrogens (primary N) is 1. The molecule has 2 aromatic rings. The van der Waals surface area contributed by atoms with E-state index in [9.17, 15) is 33.9 Å². The number of nitrogens with one attached hydrogen (secondary N) is 2. The highest BCUT2D eigenvalue weighted by molar-refractivity contribution is 6.11. The SMILES string of the molecule is CCNC(=O)C(CC(N)C(=O)Nc1c(C=CC(=O)CC(=O)C=Cc2ccc(O)c(OC)c2)cccc1OC)C(=O)CC(C)=O. The van der Waals surface area contributed by atoms with Crippen molar-refractivity contribution in [2.75, 3.05) is 26.1 Å². The Bertz CT molecular complexity index is 1460. The minimum atomic E-state index is -1.31. The van der Waals surface area contributed by atoms with Crippen LogP contribution in [-0.4, -0.2) is 66.9 Å². The van der Waals surface area contributed by atoms with Crippen LogP contribution in [-0.2, 0) is 28.8 Å². The van der Waals surface area contributed by atoms with Gasteiger partial charge in [0.05, 0.1) is 44.7 Å². The summed E-state index contributed by atoms with van der Waals surface area (Å²) in [5.41, 5.74) is 7.21. The molecule has 0 saturated heterocycles. The standard InChI is InChI=1S/C32H37N3O9/c1-5-34-31(41)24(27(40)15-19(2)36)18-25(33)32(42)35-30-21(7-6-8-28(30)43-3)11-13-23(38)17-22(37)12-9-20-10-14-26(39)29(16-20)44-4/h6-14,16,24-25,39H,5,15,17-18,33H2,1-4H3,(H,34,41)(H,35,42). The van der Waals surface area contributed by atoms with Crippen LogP contribution in [0.2, 0.25) is 0 Å². The molecule has 0 spiro atoms. The first-order valence-corrected chi connectivity index (χ1v) is 13.7. The quantitative estimate of drug-likeness (QED) is 0.154. The van der Waals surface area contributed by atoms with E-state index < -0.39 is 59.7 Å². The van der Waals surface area contributed by atoms with E-state index in [1.54, 1.807) is 31.2 Å². The molecule has 0 aromatic heterocycles. The summed E-state index contributed by atoms with van der Waals surface area (Å²) in [6.07, 6.45) is 4.10. The number of phenols is 1. The van der Waals surface area contributed by atoms with Gasteiger partial charge in [-0.15, -0.1) is 0 Å². The van der Waals surface area contributed by atoms with Crippen LogP contribution in [0.5, 0.6) is 17.2 Å². The van der Waals surface area contributed by atoms with Crippen LogP contribution in [0.15, 0.2) is 48.6 Å². The van der Waals surface area contributed by atoms with Gasteiger partial charge in [-0.2, -0.15) is 0 Å². The number of rotatable bonds is 17. The topological polar surface area (TPSA) is 191 Å². The van der Waals surface area contributed by atoms with Crippen molar-refractivity contribution in [3.8, 4) is 17.2 Å². The number of methoxy groups -OCH3 is 2. The van der Waals surface area contributed by atoms with Gasteiger partial charge in [-0.1, -0.05) is 24.3 Å². The number of anilines is 1. The number of ketones is 4. The summed E-state index contributed by atoms with van der Waals surface area (Å²) in [4.78, 5) is 74.4. The van der Waals surface area contributed by atoms with E-state index >= 15 is 0 Å². The van der Waals surface area contributed by atoms with Gasteiger partial charge in [-0.3, -0.25) is 28.8 Å². The van der Waals surface area contributed by atoms with E-state index in [0.29, 0.717) is 11.1 Å². The first-order valence-electron chi connectivity index (χ1n) is 13.7. The van der Waals surface area contributed by atoms with Gasteiger partial charge >= 0.3 is 0 Å². The second-order valence-electron chi connectivity index (χ2n) is 9.76. The third kappa shape index (κ3) is 10.6. The van der Waals surface area contributed by atoms with Crippen LogP contribution in [0.25, 0.3) is 12.2 Å². The summed E-state index contributed by atoms with van der Waals surface area (Å²) in [6, 6.07) is 8.03. The Morgan fingerprint density at radius 1 is 0.909 bits per heavy atom. The van der Waals surface area contributed by atoms with Gasteiger partial charge in [-0.25, -0.2) is 0 Å². The Labute approximate surface area is 255 Å². The lowest BCUT2D eigenvalue weighted by atomic mass is 9.91. The zero-order valence-electron chi connectivity index (χ0n) is 25.0. The predicted molar refractivity (Wildman–Crippen MR) is 164 cm³/mol. The molecule has 0 saturated carbocycles. The maximum atomic E-state index is 13.1. The number of carbonyl (C=O) groups is 6. The molecule has 12 heteroatoms. The van der Waals surface area contributed by atoms with E-state index in [0.717, 1.165) is 0 Å². The molecule has 2 atom stereocenters. The lowest BCUT2D eigenvalue weighted by molar-refractivity contribution is -0.136. The lowest BCUT2D eigenvalue weighted by Gasteiger charge is -2.20. The number of benzene rings is 2. The van der Waals surface area contributed by atoms with Crippen LogP contribution < -0.4 is 25.8 Å². The fraction of sp³-hybridized carbons (Fsp3) is 0.312. The summed E-state index contributed by atoms with van der Waals surface area (Å²) in [7, 11) is 2.78. The van der Waals surface area contributed by atoms with Gasteiger partial charge in [0, 0.05) is 12.1 Å². The number of amides is 2. The van der Waals surface area contributed by atoms with Crippen molar-refractivity contribution < 1.29 is 43.3 Å². The van der Waals surface area contributed by atoms with Gasteiger partial charge in [0.2, 0.25) is 11.8 Å². The molecule has 0 bridgehead atoms. The van der Waals surface area contributed by atoms with Crippen molar-refractivity contribution in [3.63, 3.8) is 0 Å². The van der Waals surface area contributed by atoms with Gasteiger partial charge in [-0.05, 0) is 62.3 Å². The third-order valence-electron chi connectivity index (χ3n) is 6.30. The summed E-state index contributed by atoms with van der Waals surface area (Å²) in [5, 5.41) is 14.8. The molecule has 2 unspecified atom stereocenters. The first-order chi connectivity index (χ1) is 20.9. The number of Topliss-reactive ketones (excluding diaryl/α,β-unsaturated/α-hetero) is 2. The number of para-hydroxylation sites is 1. The number of allylic oxidation sites excluding steroid dienone is 2. The van der Waals surface area contributed by atoms with Gasteiger partial charge < -0.3 is 30.9 Å². The van der Waals surface area contributed by atoms with E-state index in [1.165, 1.54) is 57.6 Å². The summed E-state index contributed by atoms with van der Waals surface area (Å²) in [5.74, 6) is -4.24. The van der Waals surface area contributed by atoms with E-state index in [-0.39, 0.29) is 35.9 Å². The molecule has 234 valence electrons. The van der Waals surface area contributed by atoms with Gasteiger partial charge in [0.25, 0.3) is 0 Å². The Balaban J connectivity index is 2.15. The van der Waals surface area contributed by atoms with Crippen LogP contribution >= 0.6 is 0 Å². The van der Waals surface area contributed by atoms with Crippen molar-refractivity contribution in [1.29, 1.82) is 0 Å². The number of aromatic hydroxyl groups is 1. The van der Waals surface area contributed by atoms with E-state index in [1.807, 2.05) is 0 Å². The molecule has 0 aliphatic carbocycles. The monoisotopic (exact) mass is 607 g/mol. The molecule has 2 amide bonds. The Morgan fingerprint density at radius 2 is 1.57 bits per heavy atom. The van der Waals surface area contributed by atoms with Gasteiger partial charge in [0.15, 0.2) is 28.8 Å². The van der Waals surface area contributed by atoms with Crippen LogP contribution in [0.4, 0.5) is 5.69 Å². The van der Waals surface area contributed by atoms with Crippen molar-refractivity contribution >= 4 is 52.8 Å². The molecule has 5 N–H and O–H groups in total. The van der Waals surface area contributed by atoms with Crippen LogP contribution in [0.3, 0.4) is 0 Å². The highest BCUT2D eigenvalue weighted by atomic mass is 16.5. The molecular weight excluding hydrogens is 570 g/mol. The van der Waals surface area contributed by atoms with Crippen molar-refractivity contribution in [2.24, 2.45) is 11.7 Å². The molecule has 2 aromatic carbocycles.